The second-order valence-electron chi connectivity index (χ2n) is 4.16. The number of nitrogens with zero attached hydrogens (tertiary/aromatic N) is 2. The molecule has 3 rings (SSSR count). The van der Waals surface area contributed by atoms with E-state index >= 15 is 0 Å². The lowest BCUT2D eigenvalue weighted by atomic mass is 10.1. The molecule has 0 saturated carbocycles. The number of nitrogens with one attached hydrogen (secondary N) is 1. The first-order valence-electron chi connectivity index (χ1n) is 5.97. The van der Waals surface area contributed by atoms with Crippen molar-refractivity contribution in [2.45, 2.75) is 6.92 Å². The van der Waals surface area contributed by atoms with Gasteiger partial charge in [-0.1, -0.05) is 17.3 Å². The van der Waals surface area contributed by atoms with Crippen LogP contribution >= 0.6 is 11.3 Å². The maximum atomic E-state index is 11.9. The van der Waals surface area contributed by atoms with Gasteiger partial charge >= 0.3 is 0 Å². The zero-order chi connectivity index (χ0) is 13.9. The summed E-state index contributed by atoms with van der Waals surface area (Å²) < 4.78 is 4.81. The smallest absolute Gasteiger partial charge is 0.294 e. The van der Waals surface area contributed by atoms with Gasteiger partial charge in [0.15, 0.2) is 0 Å². The Morgan fingerprint density at radius 3 is 2.95 bits per heavy atom. The summed E-state index contributed by atoms with van der Waals surface area (Å²) in [6.07, 6.45) is 1.43. The van der Waals surface area contributed by atoms with Gasteiger partial charge in [0.1, 0.15) is 0 Å². The standard InChI is InChI=1S/C14H11N3O2S/c1-9-16-12(8-20-9)10-3-2-4-11(7-10)17-14(18)13-5-6-15-19-13/h2-8H,1H3,(H,17,18). The molecule has 2 aromatic heterocycles. The van der Waals surface area contributed by atoms with E-state index in [-0.39, 0.29) is 11.7 Å². The molecular formula is C14H11N3O2S. The minimum atomic E-state index is -0.325. The van der Waals surface area contributed by atoms with E-state index in [1.165, 1.54) is 12.3 Å². The number of aryl methyl sites for hydroxylation is 1. The van der Waals surface area contributed by atoms with Crippen LogP contribution in [0.3, 0.4) is 0 Å². The largest absolute Gasteiger partial charge is 0.351 e. The summed E-state index contributed by atoms with van der Waals surface area (Å²) in [4.78, 5) is 16.3. The van der Waals surface area contributed by atoms with Crippen molar-refractivity contribution < 1.29 is 9.32 Å². The van der Waals surface area contributed by atoms with Gasteiger partial charge in [-0.3, -0.25) is 4.79 Å². The molecule has 0 fully saturated rings. The second-order valence-corrected chi connectivity index (χ2v) is 5.23. The highest BCUT2D eigenvalue weighted by atomic mass is 32.1. The summed E-state index contributed by atoms with van der Waals surface area (Å²) in [5.41, 5.74) is 2.56. The van der Waals surface area contributed by atoms with Crippen molar-refractivity contribution >= 4 is 22.9 Å². The SMILES string of the molecule is Cc1nc(-c2cccc(NC(=O)c3ccno3)c2)cs1. The first kappa shape index (κ1) is 12.6. The van der Waals surface area contributed by atoms with Crippen LogP contribution in [0.5, 0.6) is 0 Å². The Morgan fingerprint density at radius 2 is 2.25 bits per heavy atom. The van der Waals surface area contributed by atoms with Crippen molar-refractivity contribution in [3.05, 3.63) is 52.7 Å². The molecule has 0 aliphatic carbocycles. The first-order valence-corrected chi connectivity index (χ1v) is 6.85. The van der Waals surface area contributed by atoms with Gasteiger partial charge in [-0.15, -0.1) is 11.3 Å². The van der Waals surface area contributed by atoms with Crippen molar-refractivity contribution in [3.63, 3.8) is 0 Å². The van der Waals surface area contributed by atoms with Crippen LogP contribution in [0.15, 0.2) is 46.4 Å². The lowest BCUT2D eigenvalue weighted by Crippen LogP contribution is -2.10. The molecule has 0 aliphatic rings. The molecule has 1 aromatic carbocycles. The Morgan fingerprint density at radius 1 is 1.35 bits per heavy atom. The number of rotatable bonds is 3. The molecule has 0 radical (unpaired) electrons. The summed E-state index contributed by atoms with van der Waals surface area (Å²) in [6.45, 7) is 1.96. The minimum Gasteiger partial charge on any atom is -0.351 e. The van der Waals surface area contributed by atoms with E-state index in [0.717, 1.165) is 16.3 Å². The number of anilines is 1. The van der Waals surface area contributed by atoms with E-state index in [9.17, 15) is 4.79 Å². The highest BCUT2D eigenvalue weighted by Crippen LogP contribution is 2.24. The zero-order valence-electron chi connectivity index (χ0n) is 10.7. The normalized spacial score (nSPS) is 10.4. The van der Waals surface area contributed by atoms with E-state index in [1.807, 2.05) is 36.6 Å². The maximum absolute atomic E-state index is 11.9. The van der Waals surface area contributed by atoms with Crippen molar-refractivity contribution in [2.75, 3.05) is 5.32 Å². The summed E-state index contributed by atoms with van der Waals surface area (Å²) in [7, 11) is 0. The van der Waals surface area contributed by atoms with Crippen LogP contribution in [0.4, 0.5) is 5.69 Å². The van der Waals surface area contributed by atoms with Crippen LogP contribution in [0.25, 0.3) is 11.3 Å². The quantitative estimate of drug-likeness (QED) is 0.801. The van der Waals surface area contributed by atoms with E-state index in [2.05, 4.69) is 15.5 Å². The third kappa shape index (κ3) is 2.60. The Balaban J connectivity index is 1.83. The Bertz CT molecular complexity index is 734. The average molecular weight is 285 g/mol. The molecule has 0 aliphatic heterocycles. The molecule has 0 atom stereocenters. The van der Waals surface area contributed by atoms with E-state index in [0.29, 0.717) is 5.69 Å². The summed E-state index contributed by atoms with van der Waals surface area (Å²) in [6, 6.07) is 9.04. The molecule has 0 saturated heterocycles. The Kier molecular flexibility index (Phi) is 3.30. The molecule has 100 valence electrons. The van der Waals surface area contributed by atoms with Gasteiger partial charge in [0.2, 0.25) is 5.76 Å². The van der Waals surface area contributed by atoms with Gasteiger partial charge in [0, 0.05) is 22.7 Å². The summed E-state index contributed by atoms with van der Waals surface area (Å²) in [5, 5.41) is 9.28. The lowest BCUT2D eigenvalue weighted by Gasteiger charge is -2.04. The van der Waals surface area contributed by atoms with E-state index < -0.39 is 0 Å². The number of benzene rings is 1. The van der Waals surface area contributed by atoms with Crippen LogP contribution in [0.1, 0.15) is 15.6 Å². The van der Waals surface area contributed by atoms with Gasteiger partial charge < -0.3 is 9.84 Å². The molecular weight excluding hydrogens is 274 g/mol. The molecule has 5 nitrogen and oxygen atoms in total. The van der Waals surface area contributed by atoms with Crippen molar-refractivity contribution in [1.82, 2.24) is 10.1 Å². The van der Waals surface area contributed by atoms with E-state index in [4.69, 9.17) is 4.52 Å². The monoisotopic (exact) mass is 285 g/mol. The Labute approximate surface area is 119 Å². The van der Waals surface area contributed by atoms with Crippen LogP contribution in [0, 0.1) is 6.92 Å². The minimum absolute atomic E-state index is 0.180. The summed E-state index contributed by atoms with van der Waals surface area (Å²) >= 11 is 1.60. The third-order valence-corrected chi connectivity index (χ3v) is 3.47. The molecule has 0 bridgehead atoms. The highest BCUT2D eigenvalue weighted by Gasteiger charge is 2.10. The van der Waals surface area contributed by atoms with Crippen molar-refractivity contribution in [2.24, 2.45) is 0 Å². The number of amides is 1. The Hall–Kier alpha value is -2.47. The fourth-order valence-electron chi connectivity index (χ4n) is 1.78. The molecule has 0 spiro atoms. The number of carbonyl (C=O) groups excluding carboxylic acids is 1. The van der Waals surface area contributed by atoms with Crippen LogP contribution in [-0.4, -0.2) is 16.0 Å². The van der Waals surface area contributed by atoms with Crippen LogP contribution in [0.2, 0.25) is 0 Å². The average Bonchev–Trinajstić information content (AvgIpc) is 3.10. The molecule has 1 N–H and O–H groups in total. The molecule has 1 amide bonds. The molecule has 0 unspecified atom stereocenters. The van der Waals surface area contributed by atoms with Gasteiger partial charge in [-0.2, -0.15) is 0 Å². The molecule has 2 heterocycles. The third-order valence-electron chi connectivity index (χ3n) is 2.70. The van der Waals surface area contributed by atoms with Gasteiger partial charge in [0.05, 0.1) is 16.9 Å². The van der Waals surface area contributed by atoms with Crippen molar-refractivity contribution in [1.29, 1.82) is 0 Å². The first-order chi connectivity index (χ1) is 9.72. The van der Waals surface area contributed by atoms with Crippen molar-refractivity contribution in [3.8, 4) is 11.3 Å². The van der Waals surface area contributed by atoms with Crippen LogP contribution in [-0.2, 0) is 0 Å². The number of aromatic nitrogens is 2. The predicted molar refractivity (Wildman–Crippen MR) is 76.7 cm³/mol. The van der Waals surface area contributed by atoms with E-state index in [1.54, 1.807) is 11.3 Å². The fraction of sp³-hybridized carbons (Fsp3) is 0.0714. The topological polar surface area (TPSA) is 68.0 Å². The molecule has 3 aromatic rings. The highest BCUT2D eigenvalue weighted by molar-refractivity contribution is 7.09. The molecule has 6 heteroatoms. The maximum Gasteiger partial charge on any atom is 0.294 e. The zero-order valence-corrected chi connectivity index (χ0v) is 11.5. The number of thiazole rings is 1. The van der Waals surface area contributed by atoms with Crippen LogP contribution < -0.4 is 5.32 Å². The number of hydrogen-bond acceptors (Lipinski definition) is 5. The summed E-state index contributed by atoms with van der Waals surface area (Å²) in [5.74, 6) is -0.144. The predicted octanol–water partition coefficient (Wildman–Crippen LogP) is 3.36. The fourth-order valence-corrected chi connectivity index (χ4v) is 2.40. The molecule has 20 heavy (non-hydrogen) atoms. The van der Waals surface area contributed by atoms with Gasteiger partial charge in [0.25, 0.3) is 5.91 Å². The number of hydrogen-bond donors (Lipinski definition) is 1. The number of carbonyl (C=O) groups is 1. The van der Waals surface area contributed by atoms with Gasteiger partial charge in [-0.25, -0.2) is 4.98 Å². The van der Waals surface area contributed by atoms with Gasteiger partial charge in [-0.05, 0) is 19.1 Å². The second kappa shape index (κ2) is 5.26. The lowest BCUT2D eigenvalue weighted by molar-refractivity contribution is 0.0988.